The van der Waals surface area contributed by atoms with Crippen molar-refractivity contribution >= 4 is 6.21 Å². The maximum atomic E-state index is 4.94. The van der Waals surface area contributed by atoms with Crippen LogP contribution in [0.25, 0.3) is 0 Å². The second-order valence-corrected chi connectivity index (χ2v) is 5.32. The van der Waals surface area contributed by atoms with E-state index in [9.17, 15) is 0 Å². The highest BCUT2D eigenvalue weighted by Crippen LogP contribution is 2.40. The molecule has 0 fully saturated rings. The molecule has 0 saturated carbocycles. The maximum Gasteiger partial charge on any atom is 0.136 e. The summed E-state index contributed by atoms with van der Waals surface area (Å²) in [6.07, 6.45) is 3.51. The van der Waals surface area contributed by atoms with Gasteiger partial charge in [-0.3, -0.25) is 4.99 Å². The van der Waals surface area contributed by atoms with Crippen LogP contribution >= 0.6 is 0 Å². The van der Waals surface area contributed by atoms with Crippen LogP contribution in [0.15, 0.2) is 109 Å². The first kappa shape index (κ1) is 15.0. The second-order valence-electron chi connectivity index (χ2n) is 5.32. The van der Waals surface area contributed by atoms with Crippen LogP contribution in [-0.2, 0) is 5.54 Å². The van der Waals surface area contributed by atoms with E-state index in [1.54, 1.807) is 12.3 Å². The number of nitrogens with zero attached hydrogens (tertiary/aromatic N) is 1. The van der Waals surface area contributed by atoms with E-state index in [4.69, 9.17) is 4.99 Å². The van der Waals surface area contributed by atoms with Crippen molar-refractivity contribution in [3.8, 4) is 0 Å². The lowest BCUT2D eigenvalue weighted by molar-refractivity contribution is 0.660. The SMILES string of the molecule is C=CC=NC(c1ccccc1)(c1ccccc1)c1ccccc1. The van der Waals surface area contributed by atoms with E-state index in [0.717, 1.165) is 16.7 Å². The van der Waals surface area contributed by atoms with E-state index < -0.39 is 5.54 Å². The average Bonchev–Trinajstić information content (AvgIpc) is 2.65. The van der Waals surface area contributed by atoms with Gasteiger partial charge in [-0.25, -0.2) is 0 Å². The van der Waals surface area contributed by atoms with Gasteiger partial charge in [0, 0.05) is 6.21 Å². The van der Waals surface area contributed by atoms with Gasteiger partial charge in [0.15, 0.2) is 0 Å². The van der Waals surface area contributed by atoms with Gasteiger partial charge in [0.25, 0.3) is 0 Å². The predicted molar refractivity (Wildman–Crippen MR) is 97.9 cm³/mol. The fourth-order valence-corrected chi connectivity index (χ4v) is 2.93. The summed E-state index contributed by atoms with van der Waals surface area (Å²) in [6.45, 7) is 3.80. The van der Waals surface area contributed by atoms with Gasteiger partial charge in [0.1, 0.15) is 5.54 Å². The summed E-state index contributed by atoms with van der Waals surface area (Å²) in [4.78, 5) is 4.94. The molecule has 0 radical (unpaired) electrons. The Balaban J connectivity index is 2.35. The largest absolute Gasteiger partial charge is 0.272 e. The van der Waals surface area contributed by atoms with Gasteiger partial charge in [0.05, 0.1) is 0 Å². The zero-order valence-electron chi connectivity index (χ0n) is 13.0. The molecule has 0 spiro atoms. The van der Waals surface area contributed by atoms with Gasteiger partial charge in [-0.1, -0.05) is 104 Å². The first-order valence-corrected chi connectivity index (χ1v) is 7.71. The first-order chi connectivity index (χ1) is 11.4. The van der Waals surface area contributed by atoms with Gasteiger partial charge in [-0.05, 0) is 16.7 Å². The number of hydrogen-bond donors (Lipinski definition) is 0. The zero-order valence-corrected chi connectivity index (χ0v) is 13.0. The predicted octanol–water partition coefficient (Wildman–Crippen LogP) is 5.24. The summed E-state index contributed by atoms with van der Waals surface area (Å²) in [5.74, 6) is 0. The van der Waals surface area contributed by atoms with Crippen LogP contribution in [0.5, 0.6) is 0 Å². The molecule has 0 aromatic heterocycles. The van der Waals surface area contributed by atoms with Crippen LogP contribution in [0.4, 0.5) is 0 Å². The third kappa shape index (κ3) is 2.86. The van der Waals surface area contributed by atoms with E-state index in [2.05, 4.69) is 79.4 Å². The minimum Gasteiger partial charge on any atom is -0.272 e. The van der Waals surface area contributed by atoms with Crippen molar-refractivity contribution in [2.24, 2.45) is 4.99 Å². The van der Waals surface area contributed by atoms with Crippen molar-refractivity contribution < 1.29 is 0 Å². The molecular weight excluding hydrogens is 278 g/mol. The lowest BCUT2D eigenvalue weighted by atomic mass is 9.77. The molecule has 0 aliphatic carbocycles. The van der Waals surface area contributed by atoms with Gasteiger partial charge in [-0.15, -0.1) is 0 Å². The molecule has 0 saturated heterocycles. The van der Waals surface area contributed by atoms with Crippen molar-refractivity contribution in [3.05, 3.63) is 120 Å². The van der Waals surface area contributed by atoms with E-state index in [1.165, 1.54) is 0 Å². The lowest BCUT2D eigenvalue weighted by Gasteiger charge is -2.32. The van der Waals surface area contributed by atoms with E-state index in [1.807, 2.05) is 18.2 Å². The van der Waals surface area contributed by atoms with Crippen LogP contribution in [0.3, 0.4) is 0 Å². The summed E-state index contributed by atoms with van der Waals surface area (Å²) in [6, 6.07) is 31.2. The van der Waals surface area contributed by atoms with Crippen LogP contribution in [0.1, 0.15) is 16.7 Å². The highest BCUT2D eigenvalue weighted by molar-refractivity contribution is 5.72. The van der Waals surface area contributed by atoms with Gasteiger partial charge in [-0.2, -0.15) is 0 Å². The Morgan fingerprint density at radius 1 is 0.609 bits per heavy atom. The van der Waals surface area contributed by atoms with Crippen LogP contribution in [0.2, 0.25) is 0 Å². The molecule has 3 rings (SSSR count). The molecule has 0 bridgehead atoms. The molecule has 0 atom stereocenters. The number of benzene rings is 3. The van der Waals surface area contributed by atoms with Gasteiger partial charge >= 0.3 is 0 Å². The molecule has 1 nitrogen and oxygen atoms in total. The smallest absolute Gasteiger partial charge is 0.136 e. The topological polar surface area (TPSA) is 12.4 Å². The minimum atomic E-state index is -0.571. The minimum absolute atomic E-state index is 0.571. The summed E-state index contributed by atoms with van der Waals surface area (Å²) >= 11 is 0. The van der Waals surface area contributed by atoms with Crippen molar-refractivity contribution in [1.29, 1.82) is 0 Å². The van der Waals surface area contributed by atoms with Gasteiger partial charge < -0.3 is 0 Å². The number of aliphatic imine (C=N–C) groups is 1. The zero-order chi connectivity index (χ0) is 16.0. The quantitative estimate of drug-likeness (QED) is 0.451. The Hall–Kier alpha value is -2.93. The fourth-order valence-electron chi connectivity index (χ4n) is 2.93. The molecule has 0 heterocycles. The number of hydrogen-bond acceptors (Lipinski definition) is 1. The molecule has 0 aliphatic rings. The average molecular weight is 297 g/mol. The Bertz CT molecular complexity index is 677. The molecule has 23 heavy (non-hydrogen) atoms. The Morgan fingerprint density at radius 2 is 0.957 bits per heavy atom. The maximum absolute atomic E-state index is 4.94. The van der Waals surface area contributed by atoms with E-state index in [-0.39, 0.29) is 0 Å². The molecule has 0 amide bonds. The van der Waals surface area contributed by atoms with Gasteiger partial charge in [0.2, 0.25) is 0 Å². The highest BCUT2D eigenvalue weighted by atomic mass is 14.9. The molecule has 0 aliphatic heterocycles. The normalized spacial score (nSPS) is 11.5. The van der Waals surface area contributed by atoms with Crippen LogP contribution < -0.4 is 0 Å². The van der Waals surface area contributed by atoms with Crippen molar-refractivity contribution in [2.45, 2.75) is 5.54 Å². The number of rotatable bonds is 5. The summed E-state index contributed by atoms with van der Waals surface area (Å²) in [5, 5.41) is 0. The highest BCUT2D eigenvalue weighted by Gasteiger charge is 2.35. The molecule has 0 N–H and O–H groups in total. The molecule has 1 heteroatoms. The van der Waals surface area contributed by atoms with Crippen molar-refractivity contribution in [2.75, 3.05) is 0 Å². The summed E-state index contributed by atoms with van der Waals surface area (Å²) in [7, 11) is 0. The summed E-state index contributed by atoms with van der Waals surface area (Å²) in [5.41, 5.74) is 2.83. The molecule has 3 aromatic rings. The molecule has 0 unspecified atom stereocenters. The fraction of sp³-hybridized carbons (Fsp3) is 0.0455. The molecule has 112 valence electrons. The van der Waals surface area contributed by atoms with E-state index in [0.29, 0.717) is 0 Å². The first-order valence-electron chi connectivity index (χ1n) is 7.71. The second kappa shape index (κ2) is 6.89. The third-order valence-electron chi connectivity index (χ3n) is 3.95. The summed E-state index contributed by atoms with van der Waals surface area (Å²) < 4.78 is 0. The lowest BCUT2D eigenvalue weighted by Crippen LogP contribution is -2.27. The number of allylic oxidation sites excluding steroid dienone is 1. The van der Waals surface area contributed by atoms with Crippen LogP contribution in [-0.4, -0.2) is 6.21 Å². The standard InChI is InChI=1S/C22H19N/c1-2-18-23-22(19-12-6-3-7-13-19,20-14-8-4-9-15-20)21-16-10-5-11-17-21/h2-18H,1H2. The van der Waals surface area contributed by atoms with Crippen molar-refractivity contribution in [1.82, 2.24) is 0 Å². The molecular formula is C22H19N. The van der Waals surface area contributed by atoms with Crippen molar-refractivity contribution in [3.63, 3.8) is 0 Å². The van der Waals surface area contributed by atoms with Crippen LogP contribution in [0, 0.1) is 0 Å². The Morgan fingerprint density at radius 3 is 1.26 bits per heavy atom. The monoisotopic (exact) mass is 297 g/mol. The third-order valence-corrected chi connectivity index (χ3v) is 3.95. The molecule has 3 aromatic carbocycles. The Labute approximate surface area is 137 Å². The Kier molecular flexibility index (Phi) is 4.49. The van der Waals surface area contributed by atoms with E-state index >= 15 is 0 Å².